The molecular weight excluding hydrogens is 212 g/mol. The van der Waals surface area contributed by atoms with Gasteiger partial charge in [0.05, 0.1) is 12.5 Å². The molecule has 0 aliphatic heterocycles. The molecule has 0 N–H and O–H groups in total. The number of rotatable bonds is 9. The topological polar surface area (TPSA) is 44.1 Å². The van der Waals surface area contributed by atoms with E-state index in [1.165, 1.54) is 19.3 Å². The second-order valence-corrected chi connectivity index (χ2v) is 4.89. The first-order chi connectivity index (χ1) is 8.29. The van der Waals surface area contributed by atoms with Crippen molar-refractivity contribution in [2.45, 2.75) is 70.8 Å². The van der Waals surface area contributed by atoms with Crippen LogP contribution in [0, 0.1) is 11.3 Å². The van der Waals surface area contributed by atoms with E-state index in [1.54, 1.807) is 0 Å². The first-order valence-electron chi connectivity index (χ1n) is 6.96. The fraction of sp³-hybridized carbons (Fsp3) is 0.857. The van der Waals surface area contributed by atoms with Gasteiger partial charge in [0.1, 0.15) is 0 Å². The summed E-state index contributed by atoms with van der Waals surface area (Å²) in [6.45, 7) is 2.83. The van der Waals surface area contributed by atoms with Crippen LogP contribution in [0.15, 0.2) is 0 Å². The van der Waals surface area contributed by atoms with Crippen molar-refractivity contribution in [3.63, 3.8) is 0 Å². The van der Waals surface area contributed by atoms with Crippen molar-refractivity contribution < 1.29 is 4.79 Å². The fourth-order valence-corrected chi connectivity index (χ4v) is 2.09. The molecule has 0 aromatic carbocycles. The molecule has 3 heteroatoms. The quantitative estimate of drug-likeness (QED) is 0.577. The molecule has 0 bridgehead atoms. The van der Waals surface area contributed by atoms with Crippen molar-refractivity contribution in [3.8, 4) is 6.07 Å². The van der Waals surface area contributed by atoms with Gasteiger partial charge in [-0.25, -0.2) is 0 Å². The van der Waals surface area contributed by atoms with Crippen LogP contribution in [0.3, 0.4) is 0 Å². The molecule has 96 valence electrons. The molecule has 0 spiro atoms. The highest BCUT2D eigenvalue weighted by molar-refractivity contribution is 5.76. The van der Waals surface area contributed by atoms with E-state index < -0.39 is 0 Å². The minimum Gasteiger partial charge on any atom is -0.339 e. The summed E-state index contributed by atoms with van der Waals surface area (Å²) >= 11 is 0. The maximum absolute atomic E-state index is 12.0. The molecule has 1 aliphatic carbocycles. The lowest BCUT2D eigenvalue weighted by molar-refractivity contribution is -0.131. The Bertz CT molecular complexity index is 266. The van der Waals surface area contributed by atoms with Gasteiger partial charge in [0, 0.05) is 19.0 Å². The third-order valence-corrected chi connectivity index (χ3v) is 3.27. The summed E-state index contributed by atoms with van der Waals surface area (Å²) in [5.41, 5.74) is 0. The minimum atomic E-state index is 0.263. The standard InChI is InChI=1S/C14H24N2O/c1-2-3-4-5-6-8-14(17)16(12-7-11-15)13-9-10-13/h13H,2-10,12H2,1H3. The van der Waals surface area contributed by atoms with Gasteiger partial charge in [-0.1, -0.05) is 32.6 Å². The molecule has 0 radical (unpaired) electrons. The highest BCUT2D eigenvalue weighted by Gasteiger charge is 2.31. The van der Waals surface area contributed by atoms with E-state index >= 15 is 0 Å². The third-order valence-electron chi connectivity index (χ3n) is 3.27. The molecule has 1 fully saturated rings. The number of amides is 1. The van der Waals surface area contributed by atoms with E-state index in [-0.39, 0.29) is 5.91 Å². The molecule has 0 aromatic heterocycles. The van der Waals surface area contributed by atoms with Crippen LogP contribution in [0.1, 0.15) is 64.7 Å². The van der Waals surface area contributed by atoms with Crippen molar-refractivity contribution in [3.05, 3.63) is 0 Å². The first kappa shape index (κ1) is 14.0. The largest absolute Gasteiger partial charge is 0.339 e. The molecule has 0 heterocycles. The molecule has 1 saturated carbocycles. The molecule has 1 amide bonds. The Labute approximate surface area is 105 Å². The predicted molar refractivity (Wildman–Crippen MR) is 68.3 cm³/mol. The minimum absolute atomic E-state index is 0.263. The van der Waals surface area contributed by atoms with E-state index in [2.05, 4.69) is 13.0 Å². The van der Waals surface area contributed by atoms with Gasteiger partial charge in [-0.05, 0) is 19.3 Å². The molecule has 0 saturated heterocycles. The van der Waals surface area contributed by atoms with Crippen molar-refractivity contribution in [2.24, 2.45) is 0 Å². The van der Waals surface area contributed by atoms with Crippen molar-refractivity contribution in [2.75, 3.05) is 6.54 Å². The van der Waals surface area contributed by atoms with Crippen molar-refractivity contribution >= 4 is 5.91 Å². The van der Waals surface area contributed by atoms with Gasteiger partial charge in [-0.2, -0.15) is 5.26 Å². The van der Waals surface area contributed by atoms with Crippen LogP contribution >= 0.6 is 0 Å². The van der Waals surface area contributed by atoms with Crippen LogP contribution in [-0.4, -0.2) is 23.4 Å². The monoisotopic (exact) mass is 236 g/mol. The molecule has 0 atom stereocenters. The predicted octanol–water partition coefficient (Wildman–Crippen LogP) is 3.25. The molecule has 1 rings (SSSR count). The molecule has 1 aliphatic rings. The number of nitrogens with zero attached hydrogens (tertiary/aromatic N) is 2. The van der Waals surface area contributed by atoms with Gasteiger partial charge < -0.3 is 4.90 Å². The molecule has 3 nitrogen and oxygen atoms in total. The van der Waals surface area contributed by atoms with E-state index in [0.717, 1.165) is 25.7 Å². The number of hydrogen-bond acceptors (Lipinski definition) is 2. The second-order valence-electron chi connectivity index (χ2n) is 4.89. The SMILES string of the molecule is CCCCCCCC(=O)N(CCC#N)C1CC1. The number of nitriles is 1. The zero-order valence-corrected chi connectivity index (χ0v) is 11.0. The van der Waals surface area contributed by atoms with Gasteiger partial charge >= 0.3 is 0 Å². The van der Waals surface area contributed by atoms with E-state index in [1.807, 2.05) is 4.90 Å². The lowest BCUT2D eigenvalue weighted by atomic mass is 10.1. The fourth-order valence-electron chi connectivity index (χ4n) is 2.09. The van der Waals surface area contributed by atoms with E-state index in [0.29, 0.717) is 25.4 Å². The van der Waals surface area contributed by atoms with Crippen LogP contribution in [0.4, 0.5) is 0 Å². The Kier molecular flexibility index (Phi) is 6.69. The smallest absolute Gasteiger partial charge is 0.222 e. The van der Waals surface area contributed by atoms with Crippen LogP contribution in [0.2, 0.25) is 0 Å². The summed E-state index contributed by atoms with van der Waals surface area (Å²) in [4.78, 5) is 13.9. The summed E-state index contributed by atoms with van der Waals surface area (Å²) in [5.74, 6) is 0.263. The van der Waals surface area contributed by atoms with Crippen LogP contribution in [0.25, 0.3) is 0 Å². The van der Waals surface area contributed by atoms with Gasteiger partial charge in [-0.3, -0.25) is 4.79 Å². The van der Waals surface area contributed by atoms with Crippen molar-refractivity contribution in [1.82, 2.24) is 4.90 Å². The second kappa shape index (κ2) is 8.11. The molecule has 0 unspecified atom stereocenters. The van der Waals surface area contributed by atoms with Gasteiger partial charge in [0.2, 0.25) is 5.91 Å². The van der Waals surface area contributed by atoms with Gasteiger partial charge in [0.15, 0.2) is 0 Å². The van der Waals surface area contributed by atoms with E-state index in [9.17, 15) is 4.79 Å². The average molecular weight is 236 g/mol. The van der Waals surface area contributed by atoms with Crippen LogP contribution < -0.4 is 0 Å². The Morgan fingerprint density at radius 3 is 2.59 bits per heavy atom. The Morgan fingerprint density at radius 2 is 2.00 bits per heavy atom. The maximum Gasteiger partial charge on any atom is 0.222 e. The zero-order valence-electron chi connectivity index (χ0n) is 11.0. The molecular formula is C14H24N2O. The van der Waals surface area contributed by atoms with E-state index in [4.69, 9.17) is 5.26 Å². The first-order valence-corrected chi connectivity index (χ1v) is 6.96. The lowest BCUT2D eigenvalue weighted by Gasteiger charge is -2.21. The number of unbranched alkanes of at least 4 members (excludes halogenated alkanes) is 4. The number of carbonyl (C=O) groups excluding carboxylic acids is 1. The molecule has 17 heavy (non-hydrogen) atoms. The normalized spacial score (nSPS) is 14.4. The number of carbonyl (C=O) groups is 1. The molecule has 0 aromatic rings. The summed E-state index contributed by atoms with van der Waals surface area (Å²) in [5, 5.41) is 8.58. The maximum atomic E-state index is 12.0. The number of hydrogen-bond donors (Lipinski definition) is 0. The Morgan fingerprint density at radius 1 is 1.29 bits per heavy atom. The van der Waals surface area contributed by atoms with Crippen LogP contribution in [-0.2, 0) is 4.79 Å². The van der Waals surface area contributed by atoms with Crippen LogP contribution in [0.5, 0.6) is 0 Å². The summed E-state index contributed by atoms with van der Waals surface area (Å²) < 4.78 is 0. The zero-order chi connectivity index (χ0) is 12.5. The summed E-state index contributed by atoms with van der Waals surface area (Å²) in [6.07, 6.45) is 9.33. The lowest BCUT2D eigenvalue weighted by Crippen LogP contribution is -2.33. The van der Waals surface area contributed by atoms with Gasteiger partial charge in [0.25, 0.3) is 0 Å². The third kappa shape index (κ3) is 5.72. The van der Waals surface area contributed by atoms with Gasteiger partial charge in [-0.15, -0.1) is 0 Å². The average Bonchev–Trinajstić information content (AvgIpc) is 3.14. The summed E-state index contributed by atoms with van der Waals surface area (Å²) in [6, 6.07) is 2.58. The highest BCUT2D eigenvalue weighted by atomic mass is 16.2. The summed E-state index contributed by atoms with van der Waals surface area (Å²) in [7, 11) is 0. The Hall–Kier alpha value is -1.04. The highest BCUT2D eigenvalue weighted by Crippen LogP contribution is 2.27. The van der Waals surface area contributed by atoms with Crippen molar-refractivity contribution in [1.29, 1.82) is 5.26 Å². The Balaban J connectivity index is 2.16.